The number of hydrogen-bond acceptors (Lipinski definition) is 6. The SMILES string of the molecule is CS(=O)(=O)Nc1ccc2c(c1)[C@@H]1C[C@@H](CC(=O)NCC3CC3)O[C@H](CO)[C@@H]1O2. The average molecular weight is 410 g/mol. The minimum atomic E-state index is -3.38. The summed E-state index contributed by atoms with van der Waals surface area (Å²) in [6.07, 6.45) is 3.07. The van der Waals surface area contributed by atoms with Crippen LogP contribution >= 0.6 is 0 Å². The van der Waals surface area contributed by atoms with Gasteiger partial charge in [-0.3, -0.25) is 9.52 Å². The van der Waals surface area contributed by atoms with Crippen LogP contribution in [0.15, 0.2) is 18.2 Å². The molecule has 8 nitrogen and oxygen atoms in total. The summed E-state index contributed by atoms with van der Waals surface area (Å²) in [5.41, 5.74) is 1.35. The number of fused-ring (bicyclic) bond motifs is 3. The first kappa shape index (κ1) is 19.5. The second-order valence-electron chi connectivity index (χ2n) is 7.98. The Bertz CT molecular complexity index is 854. The molecule has 28 heavy (non-hydrogen) atoms. The van der Waals surface area contributed by atoms with Gasteiger partial charge in [0.1, 0.15) is 18.0 Å². The van der Waals surface area contributed by atoms with Gasteiger partial charge in [0.05, 0.1) is 25.4 Å². The highest BCUT2D eigenvalue weighted by molar-refractivity contribution is 7.92. The zero-order valence-electron chi connectivity index (χ0n) is 15.8. The molecule has 2 fully saturated rings. The summed E-state index contributed by atoms with van der Waals surface area (Å²) >= 11 is 0. The highest BCUT2D eigenvalue weighted by Gasteiger charge is 2.46. The van der Waals surface area contributed by atoms with Crippen molar-refractivity contribution in [3.63, 3.8) is 0 Å². The maximum absolute atomic E-state index is 12.2. The molecule has 154 valence electrons. The number of anilines is 1. The van der Waals surface area contributed by atoms with E-state index in [2.05, 4.69) is 10.0 Å². The normalized spacial score (nSPS) is 28.8. The van der Waals surface area contributed by atoms with E-state index < -0.39 is 16.1 Å². The van der Waals surface area contributed by atoms with Gasteiger partial charge in [0, 0.05) is 23.7 Å². The number of aliphatic hydroxyl groups excluding tert-OH is 1. The van der Waals surface area contributed by atoms with Crippen LogP contribution in [0.3, 0.4) is 0 Å². The van der Waals surface area contributed by atoms with E-state index in [-0.39, 0.29) is 37.1 Å². The number of carbonyl (C=O) groups excluding carboxylic acids is 1. The van der Waals surface area contributed by atoms with E-state index in [4.69, 9.17) is 9.47 Å². The lowest BCUT2D eigenvalue weighted by Crippen LogP contribution is -2.47. The molecular weight excluding hydrogens is 384 g/mol. The first-order valence-electron chi connectivity index (χ1n) is 9.64. The molecule has 0 radical (unpaired) electrons. The predicted molar refractivity (Wildman–Crippen MR) is 103 cm³/mol. The molecule has 1 aromatic carbocycles. The van der Waals surface area contributed by atoms with Crippen LogP contribution < -0.4 is 14.8 Å². The van der Waals surface area contributed by atoms with Gasteiger partial charge in [-0.15, -0.1) is 0 Å². The second-order valence-corrected chi connectivity index (χ2v) is 9.73. The van der Waals surface area contributed by atoms with Gasteiger partial charge in [-0.2, -0.15) is 0 Å². The summed E-state index contributed by atoms with van der Waals surface area (Å²) < 4.78 is 37.5. The molecule has 0 unspecified atom stereocenters. The highest BCUT2D eigenvalue weighted by Crippen LogP contribution is 2.47. The number of rotatable bonds is 7. The van der Waals surface area contributed by atoms with E-state index in [0.717, 1.165) is 11.8 Å². The highest BCUT2D eigenvalue weighted by atomic mass is 32.2. The van der Waals surface area contributed by atoms with Gasteiger partial charge < -0.3 is 19.9 Å². The Morgan fingerprint density at radius 3 is 2.79 bits per heavy atom. The fourth-order valence-corrected chi connectivity index (χ4v) is 4.58. The Balaban J connectivity index is 1.48. The molecule has 9 heteroatoms. The molecule has 3 aliphatic rings. The molecule has 1 aliphatic carbocycles. The number of sulfonamides is 1. The Morgan fingerprint density at radius 1 is 1.32 bits per heavy atom. The molecule has 1 saturated heterocycles. The number of carbonyl (C=O) groups is 1. The summed E-state index contributed by atoms with van der Waals surface area (Å²) in [6, 6.07) is 5.15. The van der Waals surface area contributed by atoms with Gasteiger partial charge in [-0.1, -0.05) is 0 Å². The van der Waals surface area contributed by atoms with Crippen molar-refractivity contribution in [3.8, 4) is 5.75 Å². The topological polar surface area (TPSA) is 114 Å². The van der Waals surface area contributed by atoms with E-state index in [0.29, 0.717) is 30.3 Å². The van der Waals surface area contributed by atoms with Crippen LogP contribution in [0.1, 0.15) is 37.2 Å². The molecule has 3 N–H and O–H groups in total. The molecule has 1 saturated carbocycles. The Hall–Kier alpha value is -1.84. The van der Waals surface area contributed by atoms with Crippen molar-refractivity contribution in [3.05, 3.63) is 23.8 Å². The Labute approximate surface area is 164 Å². The van der Waals surface area contributed by atoms with Gasteiger partial charge in [-0.05, 0) is 43.4 Å². The summed E-state index contributed by atoms with van der Waals surface area (Å²) in [5.74, 6) is 1.17. The Morgan fingerprint density at radius 2 is 2.11 bits per heavy atom. The lowest BCUT2D eigenvalue weighted by Gasteiger charge is -2.37. The number of hydrogen-bond donors (Lipinski definition) is 3. The Kier molecular flexibility index (Phi) is 5.24. The van der Waals surface area contributed by atoms with Crippen molar-refractivity contribution >= 4 is 21.6 Å². The van der Waals surface area contributed by atoms with Crippen LogP contribution in [-0.4, -0.2) is 57.2 Å². The zero-order chi connectivity index (χ0) is 19.9. The van der Waals surface area contributed by atoms with Crippen molar-refractivity contribution in [1.82, 2.24) is 5.32 Å². The van der Waals surface area contributed by atoms with Crippen LogP contribution in [0.2, 0.25) is 0 Å². The van der Waals surface area contributed by atoms with Crippen LogP contribution in [-0.2, 0) is 19.6 Å². The third-order valence-corrected chi connectivity index (χ3v) is 6.11. The molecule has 1 aromatic rings. The van der Waals surface area contributed by atoms with Crippen molar-refractivity contribution < 1.29 is 27.8 Å². The minimum absolute atomic E-state index is 0.0429. The standard InChI is InChI=1S/C19H26N2O6S/c1-28(24,25)21-12-4-5-16-14(6-12)15-7-13(26-17(10-22)19(15)27-16)8-18(23)20-9-11-2-3-11/h4-6,11,13,15,17,19,21-22H,2-3,7-10H2,1H3,(H,20,23)/t13-,15-,17+,19+/m0/s1. The number of nitrogens with one attached hydrogen (secondary N) is 2. The van der Waals surface area contributed by atoms with E-state index in [1.807, 2.05) is 0 Å². The van der Waals surface area contributed by atoms with Gasteiger partial charge in [0.15, 0.2) is 0 Å². The maximum Gasteiger partial charge on any atom is 0.229 e. The van der Waals surface area contributed by atoms with Crippen LogP contribution in [0.25, 0.3) is 0 Å². The smallest absolute Gasteiger partial charge is 0.229 e. The molecular formula is C19H26N2O6S. The summed E-state index contributed by atoms with van der Waals surface area (Å²) in [5, 5.41) is 12.7. The van der Waals surface area contributed by atoms with Gasteiger partial charge in [0.2, 0.25) is 15.9 Å². The van der Waals surface area contributed by atoms with Crippen molar-refractivity contribution in [2.45, 2.75) is 49.9 Å². The maximum atomic E-state index is 12.2. The monoisotopic (exact) mass is 410 g/mol. The van der Waals surface area contributed by atoms with Crippen molar-refractivity contribution in [2.75, 3.05) is 24.1 Å². The summed E-state index contributed by atoms with van der Waals surface area (Å²) in [7, 11) is -3.38. The quantitative estimate of drug-likeness (QED) is 0.617. The summed E-state index contributed by atoms with van der Waals surface area (Å²) in [4.78, 5) is 12.2. The van der Waals surface area contributed by atoms with Gasteiger partial charge in [-0.25, -0.2) is 8.42 Å². The van der Waals surface area contributed by atoms with E-state index in [1.165, 1.54) is 12.8 Å². The molecule has 0 aromatic heterocycles. The van der Waals surface area contributed by atoms with Crippen molar-refractivity contribution in [2.24, 2.45) is 5.92 Å². The molecule has 0 bridgehead atoms. The zero-order valence-corrected chi connectivity index (χ0v) is 16.6. The number of ether oxygens (including phenoxy) is 2. The van der Waals surface area contributed by atoms with Gasteiger partial charge in [0.25, 0.3) is 0 Å². The van der Waals surface area contributed by atoms with E-state index in [1.54, 1.807) is 18.2 Å². The molecule has 2 heterocycles. The molecule has 4 atom stereocenters. The lowest BCUT2D eigenvalue weighted by molar-refractivity contribution is -0.142. The second kappa shape index (κ2) is 7.53. The van der Waals surface area contributed by atoms with Crippen LogP contribution in [0.4, 0.5) is 5.69 Å². The third-order valence-electron chi connectivity index (χ3n) is 5.50. The fourth-order valence-electron chi connectivity index (χ4n) is 4.03. The molecule has 2 aliphatic heterocycles. The lowest BCUT2D eigenvalue weighted by atomic mass is 9.84. The number of benzene rings is 1. The predicted octanol–water partition coefficient (Wildman–Crippen LogP) is 0.969. The minimum Gasteiger partial charge on any atom is -0.487 e. The average Bonchev–Trinajstić information content (AvgIpc) is 3.39. The van der Waals surface area contributed by atoms with Crippen LogP contribution in [0.5, 0.6) is 5.75 Å². The van der Waals surface area contributed by atoms with E-state index >= 15 is 0 Å². The molecule has 0 spiro atoms. The first-order valence-corrected chi connectivity index (χ1v) is 11.5. The fraction of sp³-hybridized carbons (Fsp3) is 0.632. The third kappa shape index (κ3) is 4.42. The van der Waals surface area contributed by atoms with Gasteiger partial charge >= 0.3 is 0 Å². The van der Waals surface area contributed by atoms with Crippen LogP contribution in [0, 0.1) is 5.92 Å². The molecule has 4 rings (SSSR count). The molecule has 1 amide bonds. The number of aliphatic hydroxyl groups is 1. The summed E-state index contributed by atoms with van der Waals surface area (Å²) in [6.45, 7) is 0.511. The van der Waals surface area contributed by atoms with Crippen molar-refractivity contribution in [1.29, 1.82) is 0 Å². The van der Waals surface area contributed by atoms with E-state index in [9.17, 15) is 18.3 Å². The largest absolute Gasteiger partial charge is 0.487 e. The number of amides is 1. The first-order chi connectivity index (χ1) is 13.3.